The smallest absolute Gasteiger partial charge is 0.338 e. The molecule has 6 nitrogen and oxygen atoms in total. The van der Waals surface area contributed by atoms with E-state index in [9.17, 15) is 14.0 Å². The van der Waals surface area contributed by atoms with Crippen molar-refractivity contribution in [2.75, 3.05) is 6.61 Å². The number of fused-ring (bicyclic) bond motifs is 1. The molecule has 1 aliphatic rings. The number of halogens is 2. The third-order valence-corrected chi connectivity index (χ3v) is 8.63. The van der Waals surface area contributed by atoms with Gasteiger partial charge in [0.05, 0.1) is 32.9 Å². The van der Waals surface area contributed by atoms with Crippen molar-refractivity contribution in [2.45, 2.75) is 46.3 Å². The van der Waals surface area contributed by atoms with Gasteiger partial charge in [0.2, 0.25) is 0 Å². The molecule has 0 fully saturated rings. The average molecular weight is 650 g/mol. The van der Waals surface area contributed by atoms with E-state index in [1.54, 1.807) is 48.8 Å². The van der Waals surface area contributed by atoms with Crippen LogP contribution in [-0.4, -0.2) is 17.1 Å². The highest BCUT2D eigenvalue weighted by Crippen LogP contribution is 2.32. The fourth-order valence-corrected chi connectivity index (χ4v) is 6.37. The van der Waals surface area contributed by atoms with Crippen LogP contribution in [0.3, 0.4) is 0 Å². The molecule has 4 aromatic rings. The third kappa shape index (κ3) is 6.03. The van der Waals surface area contributed by atoms with Gasteiger partial charge in [-0.25, -0.2) is 14.2 Å². The zero-order chi connectivity index (χ0) is 30.0. The fourth-order valence-electron chi connectivity index (χ4n) is 4.82. The quantitative estimate of drug-likeness (QED) is 0.207. The van der Waals surface area contributed by atoms with Crippen molar-refractivity contribution >= 4 is 39.3 Å². The number of allylic oxidation sites excluding steroid dienone is 1. The van der Waals surface area contributed by atoms with Gasteiger partial charge >= 0.3 is 5.97 Å². The predicted molar refractivity (Wildman–Crippen MR) is 166 cm³/mol. The second-order valence-corrected chi connectivity index (χ2v) is 12.1. The van der Waals surface area contributed by atoms with Gasteiger partial charge < -0.3 is 9.47 Å². The lowest BCUT2D eigenvalue weighted by atomic mass is 9.93. The van der Waals surface area contributed by atoms with E-state index >= 15 is 0 Å². The standard InChI is InChI=1S/C33H30BrFN2O4S/c1-5-40-32(39)29-20(4)36-33-37(30(29)23-13-11-22(12-14-23)19(2)3)31(38)28(42-33)17-21-10-15-27(25(34)16-21)41-18-24-8-6-7-9-26(24)35/h6-17,19,30H,5,18H2,1-4H3/b28-17+. The molecule has 0 N–H and O–H groups in total. The number of hydrogen-bond acceptors (Lipinski definition) is 6. The van der Waals surface area contributed by atoms with Gasteiger partial charge in [-0.1, -0.05) is 73.7 Å². The first kappa shape index (κ1) is 29.7. The Morgan fingerprint density at radius 1 is 1.14 bits per heavy atom. The summed E-state index contributed by atoms with van der Waals surface area (Å²) < 4.78 is 27.9. The first-order chi connectivity index (χ1) is 20.2. The molecule has 2 heterocycles. The van der Waals surface area contributed by atoms with E-state index in [2.05, 4.69) is 34.8 Å². The van der Waals surface area contributed by atoms with E-state index in [0.717, 1.165) is 16.7 Å². The largest absolute Gasteiger partial charge is 0.488 e. The predicted octanol–water partition coefficient (Wildman–Crippen LogP) is 6.40. The van der Waals surface area contributed by atoms with Crippen molar-refractivity contribution in [3.05, 3.63) is 130 Å². The van der Waals surface area contributed by atoms with Gasteiger partial charge in [-0.2, -0.15) is 0 Å². The summed E-state index contributed by atoms with van der Waals surface area (Å²) in [5.74, 6) is 0.0897. The molecule has 1 atom stereocenters. The lowest BCUT2D eigenvalue weighted by Gasteiger charge is -2.25. The Morgan fingerprint density at radius 3 is 2.55 bits per heavy atom. The number of thiazole rings is 1. The molecule has 1 aliphatic heterocycles. The Bertz CT molecular complexity index is 1860. The SMILES string of the molecule is CCOC(=O)C1=C(C)N=c2s/c(=C/c3ccc(OCc4ccccc4F)c(Br)c3)c(=O)n2C1c1ccc(C(C)C)cc1. The van der Waals surface area contributed by atoms with Crippen LogP contribution >= 0.6 is 27.3 Å². The Balaban J connectivity index is 1.53. The molecule has 0 amide bonds. The van der Waals surface area contributed by atoms with Crippen molar-refractivity contribution in [3.8, 4) is 5.75 Å². The average Bonchev–Trinajstić information content (AvgIpc) is 3.26. The summed E-state index contributed by atoms with van der Waals surface area (Å²) in [6.45, 7) is 8.07. The number of esters is 1. The molecular formula is C33H30BrFN2O4S. The summed E-state index contributed by atoms with van der Waals surface area (Å²) >= 11 is 4.80. The third-order valence-electron chi connectivity index (χ3n) is 7.03. The minimum Gasteiger partial charge on any atom is -0.488 e. The first-order valence-corrected chi connectivity index (χ1v) is 15.2. The summed E-state index contributed by atoms with van der Waals surface area (Å²) in [6, 6.07) is 19.2. The molecule has 5 rings (SSSR count). The normalized spacial score (nSPS) is 15.0. The van der Waals surface area contributed by atoms with Crippen LogP contribution in [-0.2, 0) is 16.1 Å². The van der Waals surface area contributed by atoms with Gasteiger partial charge in [0.1, 0.15) is 18.2 Å². The molecule has 0 aliphatic carbocycles. The Labute approximate surface area is 255 Å². The molecule has 0 spiro atoms. The molecule has 216 valence electrons. The van der Waals surface area contributed by atoms with Gasteiger partial charge in [0.15, 0.2) is 4.80 Å². The monoisotopic (exact) mass is 648 g/mol. The number of aromatic nitrogens is 1. The van der Waals surface area contributed by atoms with Crippen LogP contribution in [0.4, 0.5) is 4.39 Å². The highest BCUT2D eigenvalue weighted by molar-refractivity contribution is 9.10. The van der Waals surface area contributed by atoms with Crippen LogP contribution in [0, 0.1) is 5.82 Å². The van der Waals surface area contributed by atoms with Crippen LogP contribution in [0.15, 0.2) is 92.3 Å². The maximum absolute atomic E-state index is 14.0. The summed E-state index contributed by atoms with van der Waals surface area (Å²) in [6.07, 6.45) is 1.79. The Morgan fingerprint density at radius 2 is 1.88 bits per heavy atom. The lowest BCUT2D eigenvalue weighted by molar-refractivity contribution is -0.139. The van der Waals surface area contributed by atoms with Gasteiger partial charge in [0, 0.05) is 5.56 Å². The molecule has 1 aromatic heterocycles. The van der Waals surface area contributed by atoms with Gasteiger partial charge in [-0.3, -0.25) is 9.36 Å². The van der Waals surface area contributed by atoms with Crippen molar-refractivity contribution < 1.29 is 18.7 Å². The van der Waals surface area contributed by atoms with Gasteiger partial charge in [-0.05, 0) is 76.7 Å². The summed E-state index contributed by atoms with van der Waals surface area (Å²) in [7, 11) is 0. The molecule has 42 heavy (non-hydrogen) atoms. The molecule has 9 heteroatoms. The molecule has 0 saturated heterocycles. The maximum Gasteiger partial charge on any atom is 0.338 e. The highest BCUT2D eigenvalue weighted by Gasteiger charge is 2.33. The molecule has 0 saturated carbocycles. The second kappa shape index (κ2) is 12.6. The number of rotatable bonds is 8. The van der Waals surface area contributed by atoms with Gasteiger partial charge in [-0.15, -0.1) is 0 Å². The molecule has 3 aromatic carbocycles. The number of benzene rings is 3. The summed E-state index contributed by atoms with van der Waals surface area (Å²) in [4.78, 5) is 32.2. The number of hydrogen-bond donors (Lipinski definition) is 0. The molecular weight excluding hydrogens is 619 g/mol. The summed E-state index contributed by atoms with van der Waals surface area (Å²) in [5.41, 5.74) is 3.83. The van der Waals surface area contributed by atoms with E-state index in [-0.39, 0.29) is 24.6 Å². The first-order valence-electron chi connectivity index (χ1n) is 13.6. The Hall–Kier alpha value is -3.82. The maximum atomic E-state index is 14.0. The van der Waals surface area contributed by atoms with Crippen LogP contribution in [0.25, 0.3) is 6.08 Å². The van der Waals surface area contributed by atoms with Crippen LogP contribution in [0.1, 0.15) is 61.9 Å². The van der Waals surface area contributed by atoms with E-state index in [1.165, 1.54) is 17.4 Å². The van der Waals surface area contributed by atoms with Crippen LogP contribution in [0.5, 0.6) is 5.75 Å². The van der Waals surface area contributed by atoms with E-state index in [4.69, 9.17) is 9.47 Å². The van der Waals surface area contributed by atoms with Gasteiger partial charge in [0.25, 0.3) is 5.56 Å². The number of carbonyl (C=O) groups excluding carboxylic acids is 1. The molecule has 0 radical (unpaired) electrons. The fraction of sp³-hybridized carbons (Fsp3) is 0.242. The minimum atomic E-state index is -0.662. The zero-order valence-electron chi connectivity index (χ0n) is 23.7. The zero-order valence-corrected chi connectivity index (χ0v) is 26.1. The number of carbonyl (C=O) groups is 1. The van der Waals surface area contributed by atoms with Crippen molar-refractivity contribution in [1.29, 1.82) is 0 Å². The van der Waals surface area contributed by atoms with Crippen molar-refractivity contribution in [3.63, 3.8) is 0 Å². The highest BCUT2D eigenvalue weighted by atomic mass is 79.9. The minimum absolute atomic E-state index is 0.0868. The van der Waals surface area contributed by atoms with Crippen LogP contribution in [0.2, 0.25) is 0 Å². The van der Waals surface area contributed by atoms with E-state index < -0.39 is 12.0 Å². The summed E-state index contributed by atoms with van der Waals surface area (Å²) in [5, 5.41) is 0. The molecule has 0 bridgehead atoms. The number of nitrogens with zero attached hydrogens (tertiary/aromatic N) is 2. The lowest BCUT2D eigenvalue weighted by Crippen LogP contribution is -2.39. The van der Waals surface area contributed by atoms with E-state index in [1.807, 2.05) is 36.4 Å². The Kier molecular flexibility index (Phi) is 8.89. The van der Waals surface area contributed by atoms with E-state index in [0.29, 0.717) is 42.3 Å². The van der Waals surface area contributed by atoms with Crippen molar-refractivity contribution in [1.82, 2.24) is 4.57 Å². The van der Waals surface area contributed by atoms with Crippen molar-refractivity contribution in [2.24, 2.45) is 4.99 Å². The topological polar surface area (TPSA) is 69.9 Å². The molecule has 1 unspecified atom stereocenters. The second-order valence-electron chi connectivity index (χ2n) is 10.2. The number of ether oxygens (including phenoxy) is 2. The van der Waals surface area contributed by atoms with Crippen LogP contribution < -0.4 is 19.6 Å².